The lowest BCUT2D eigenvalue weighted by atomic mass is 10.0. The lowest BCUT2D eigenvalue weighted by molar-refractivity contribution is 0.0952. The number of hydrogen-bond donors (Lipinski definition) is 3. The monoisotopic (exact) mass is 314 g/mol. The van der Waals surface area contributed by atoms with Gasteiger partial charge >= 0.3 is 0 Å². The van der Waals surface area contributed by atoms with Crippen LogP contribution in [-0.4, -0.2) is 37.1 Å². The second-order valence-electron chi connectivity index (χ2n) is 7.22. The van der Waals surface area contributed by atoms with Gasteiger partial charge in [0.15, 0.2) is 0 Å². The average molecular weight is 314 g/mol. The van der Waals surface area contributed by atoms with E-state index in [1.807, 2.05) is 0 Å². The van der Waals surface area contributed by atoms with Crippen molar-refractivity contribution >= 4 is 11.7 Å². The van der Waals surface area contributed by atoms with E-state index in [4.69, 9.17) is 4.98 Å². The summed E-state index contributed by atoms with van der Waals surface area (Å²) in [5.41, 5.74) is 3.10. The molecule has 2 fully saturated rings. The summed E-state index contributed by atoms with van der Waals surface area (Å²) in [6.45, 7) is 3.68. The molecule has 0 bridgehead atoms. The largest absolute Gasteiger partial charge is 0.369 e. The number of pyridine rings is 1. The molecule has 0 unspecified atom stereocenters. The molecule has 2 aliphatic carbocycles. The summed E-state index contributed by atoms with van der Waals surface area (Å²) in [6.07, 6.45) is 6.99. The van der Waals surface area contributed by atoms with Crippen LogP contribution in [-0.2, 0) is 12.8 Å². The van der Waals surface area contributed by atoms with Crippen LogP contribution in [0.5, 0.6) is 0 Å². The van der Waals surface area contributed by atoms with Crippen molar-refractivity contribution in [3.05, 3.63) is 22.9 Å². The van der Waals surface area contributed by atoms with Crippen molar-refractivity contribution in [1.82, 2.24) is 15.6 Å². The third-order valence-electron chi connectivity index (χ3n) is 5.05. The van der Waals surface area contributed by atoms with E-state index in [1.54, 1.807) is 0 Å². The van der Waals surface area contributed by atoms with Gasteiger partial charge in [0.05, 0.1) is 5.56 Å². The molecule has 1 aliphatic heterocycles. The molecule has 5 heteroatoms. The molecular formula is C18H26N4O. The SMILES string of the molecule is O=C(NCC1CC1)c1cc2c(nc1NCC1CC1)CCNCC2. The smallest absolute Gasteiger partial charge is 0.255 e. The van der Waals surface area contributed by atoms with Gasteiger partial charge in [-0.25, -0.2) is 4.98 Å². The molecule has 0 aromatic carbocycles. The molecule has 2 saturated carbocycles. The van der Waals surface area contributed by atoms with E-state index >= 15 is 0 Å². The van der Waals surface area contributed by atoms with Gasteiger partial charge in [0, 0.05) is 31.7 Å². The van der Waals surface area contributed by atoms with E-state index in [-0.39, 0.29) is 5.91 Å². The molecule has 0 spiro atoms. The zero-order valence-corrected chi connectivity index (χ0v) is 13.7. The molecule has 23 heavy (non-hydrogen) atoms. The highest BCUT2D eigenvalue weighted by Gasteiger charge is 2.25. The van der Waals surface area contributed by atoms with Gasteiger partial charge in [-0.2, -0.15) is 0 Å². The fourth-order valence-corrected chi connectivity index (χ4v) is 3.11. The van der Waals surface area contributed by atoms with Crippen molar-refractivity contribution in [2.45, 2.75) is 38.5 Å². The quantitative estimate of drug-likeness (QED) is 0.748. The molecule has 1 amide bonds. The van der Waals surface area contributed by atoms with E-state index < -0.39 is 0 Å². The highest BCUT2D eigenvalue weighted by atomic mass is 16.1. The minimum absolute atomic E-state index is 0.0303. The van der Waals surface area contributed by atoms with Gasteiger partial charge in [-0.3, -0.25) is 4.79 Å². The number of fused-ring (bicyclic) bond motifs is 1. The van der Waals surface area contributed by atoms with Crippen LogP contribution in [0.1, 0.15) is 47.3 Å². The molecule has 3 aliphatic rings. The van der Waals surface area contributed by atoms with Crippen LogP contribution in [0.25, 0.3) is 0 Å². The Bertz CT molecular complexity index is 593. The van der Waals surface area contributed by atoms with Crippen molar-refractivity contribution in [2.75, 3.05) is 31.5 Å². The second-order valence-corrected chi connectivity index (χ2v) is 7.22. The summed E-state index contributed by atoms with van der Waals surface area (Å²) in [5.74, 6) is 2.27. The van der Waals surface area contributed by atoms with E-state index in [0.29, 0.717) is 5.92 Å². The van der Waals surface area contributed by atoms with Gasteiger partial charge in [0.2, 0.25) is 0 Å². The molecule has 5 nitrogen and oxygen atoms in total. The fraction of sp³-hybridized carbons (Fsp3) is 0.667. The summed E-state index contributed by atoms with van der Waals surface area (Å²) < 4.78 is 0. The predicted molar refractivity (Wildman–Crippen MR) is 90.8 cm³/mol. The van der Waals surface area contributed by atoms with Crippen LogP contribution >= 0.6 is 0 Å². The molecule has 3 N–H and O–H groups in total. The summed E-state index contributed by atoms with van der Waals surface area (Å²) in [4.78, 5) is 17.4. The molecular weight excluding hydrogens is 288 g/mol. The maximum Gasteiger partial charge on any atom is 0.255 e. The van der Waals surface area contributed by atoms with Crippen molar-refractivity contribution < 1.29 is 4.79 Å². The number of hydrogen-bond acceptors (Lipinski definition) is 4. The number of nitrogens with zero attached hydrogens (tertiary/aromatic N) is 1. The van der Waals surface area contributed by atoms with E-state index in [1.165, 1.54) is 31.2 Å². The van der Waals surface area contributed by atoms with Crippen molar-refractivity contribution in [3.8, 4) is 0 Å². The first kappa shape index (κ1) is 14.9. The Balaban J connectivity index is 1.56. The van der Waals surface area contributed by atoms with Crippen LogP contribution in [0, 0.1) is 11.8 Å². The number of nitrogens with one attached hydrogen (secondary N) is 3. The summed E-state index contributed by atoms with van der Waals surface area (Å²) in [5, 5.41) is 9.94. The van der Waals surface area contributed by atoms with E-state index in [2.05, 4.69) is 22.0 Å². The number of anilines is 1. The van der Waals surface area contributed by atoms with E-state index in [0.717, 1.165) is 62.0 Å². The summed E-state index contributed by atoms with van der Waals surface area (Å²) in [7, 11) is 0. The Morgan fingerprint density at radius 3 is 2.65 bits per heavy atom. The third kappa shape index (κ3) is 3.83. The highest BCUT2D eigenvalue weighted by molar-refractivity contribution is 5.99. The van der Waals surface area contributed by atoms with E-state index in [9.17, 15) is 4.79 Å². The number of rotatable bonds is 6. The highest BCUT2D eigenvalue weighted by Crippen LogP contribution is 2.30. The Morgan fingerprint density at radius 2 is 1.87 bits per heavy atom. The number of aromatic nitrogens is 1. The first-order valence-electron chi connectivity index (χ1n) is 9.05. The molecule has 124 valence electrons. The maximum absolute atomic E-state index is 12.6. The van der Waals surface area contributed by atoms with Crippen molar-refractivity contribution in [3.63, 3.8) is 0 Å². The van der Waals surface area contributed by atoms with Crippen LogP contribution in [0.15, 0.2) is 6.07 Å². The Labute approximate surface area is 137 Å². The van der Waals surface area contributed by atoms with Crippen molar-refractivity contribution in [1.29, 1.82) is 0 Å². The number of carbonyl (C=O) groups is 1. The average Bonchev–Trinajstić information content (AvgIpc) is 3.44. The molecule has 1 aromatic rings. The molecule has 4 rings (SSSR count). The lowest BCUT2D eigenvalue weighted by Gasteiger charge is -2.15. The maximum atomic E-state index is 12.6. The Hall–Kier alpha value is -1.62. The van der Waals surface area contributed by atoms with Crippen LogP contribution in [0.2, 0.25) is 0 Å². The van der Waals surface area contributed by atoms with Gasteiger partial charge in [-0.1, -0.05) is 0 Å². The van der Waals surface area contributed by atoms with Crippen LogP contribution in [0.4, 0.5) is 5.82 Å². The van der Waals surface area contributed by atoms with Gasteiger partial charge < -0.3 is 16.0 Å². The molecule has 0 atom stereocenters. The Morgan fingerprint density at radius 1 is 1.13 bits per heavy atom. The zero-order chi connectivity index (χ0) is 15.6. The molecule has 0 radical (unpaired) electrons. The fourth-order valence-electron chi connectivity index (χ4n) is 3.11. The summed E-state index contributed by atoms with van der Waals surface area (Å²) >= 11 is 0. The van der Waals surface area contributed by atoms with Crippen molar-refractivity contribution in [2.24, 2.45) is 11.8 Å². The second kappa shape index (κ2) is 6.48. The lowest BCUT2D eigenvalue weighted by Crippen LogP contribution is -2.27. The van der Waals surface area contributed by atoms with Gasteiger partial charge in [-0.05, 0) is 62.1 Å². The zero-order valence-electron chi connectivity index (χ0n) is 13.7. The normalized spacial score (nSPS) is 20.5. The number of amides is 1. The minimum atomic E-state index is 0.0303. The van der Waals surface area contributed by atoms with Crippen LogP contribution < -0.4 is 16.0 Å². The topological polar surface area (TPSA) is 66.0 Å². The Kier molecular flexibility index (Phi) is 4.21. The van der Waals surface area contributed by atoms with Gasteiger partial charge in [0.25, 0.3) is 5.91 Å². The van der Waals surface area contributed by atoms with Crippen LogP contribution in [0.3, 0.4) is 0 Å². The first-order chi connectivity index (χ1) is 11.3. The van der Waals surface area contributed by atoms with Gasteiger partial charge in [-0.15, -0.1) is 0 Å². The van der Waals surface area contributed by atoms with Gasteiger partial charge in [0.1, 0.15) is 5.82 Å². The third-order valence-corrected chi connectivity index (χ3v) is 5.05. The first-order valence-corrected chi connectivity index (χ1v) is 9.05. The summed E-state index contributed by atoms with van der Waals surface area (Å²) in [6, 6.07) is 2.08. The molecule has 2 heterocycles. The standard InChI is InChI=1S/C18H26N4O/c23-18(21-11-13-3-4-13)15-9-14-5-7-19-8-6-16(14)22-17(15)20-10-12-1-2-12/h9,12-13,19H,1-8,10-11H2,(H,20,22)(H,21,23). The minimum Gasteiger partial charge on any atom is -0.369 e. The predicted octanol–water partition coefficient (Wildman–Crippen LogP) is 1.73. The number of carbonyl (C=O) groups excluding carboxylic acids is 1. The molecule has 1 aromatic heterocycles. The molecule has 0 saturated heterocycles.